The molecule has 11 heteroatoms. The van der Waals surface area contributed by atoms with Crippen molar-refractivity contribution < 1.29 is 22.7 Å². The average Bonchev–Trinajstić information content (AvgIpc) is 2.71. The molecule has 1 saturated heterocycles. The molecule has 2 N–H and O–H groups in total. The SMILES string of the molecule is CCNC(=NCc1ccc(F)c(CO)c1)N1CCN(S(=O)(=O)CCOC(C)C)CC1.I. The van der Waals surface area contributed by atoms with Crippen molar-refractivity contribution in [3.8, 4) is 0 Å². The lowest BCUT2D eigenvalue weighted by Crippen LogP contribution is -2.54. The van der Waals surface area contributed by atoms with Gasteiger partial charge in [-0.25, -0.2) is 17.8 Å². The molecule has 31 heavy (non-hydrogen) atoms. The first-order chi connectivity index (χ1) is 14.3. The van der Waals surface area contributed by atoms with Crippen LogP contribution in [0.3, 0.4) is 0 Å². The summed E-state index contributed by atoms with van der Waals surface area (Å²) in [5, 5.41) is 12.4. The van der Waals surface area contributed by atoms with Crippen LogP contribution in [0.15, 0.2) is 23.2 Å². The zero-order valence-corrected chi connectivity index (χ0v) is 21.5. The van der Waals surface area contributed by atoms with Crippen LogP contribution in [0.4, 0.5) is 4.39 Å². The highest BCUT2D eigenvalue weighted by atomic mass is 127. The molecular formula is C20H34FIN4O4S. The van der Waals surface area contributed by atoms with Gasteiger partial charge < -0.3 is 20.1 Å². The maximum atomic E-state index is 13.6. The number of aliphatic hydroxyl groups excluding tert-OH is 1. The van der Waals surface area contributed by atoms with Gasteiger partial charge in [-0.1, -0.05) is 6.07 Å². The molecule has 0 spiro atoms. The fourth-order valence-electron chi connectivity index (χ4n) is 3.14. The van der Waals surface area contributed by atoms with Crippen LogP contribution in [0.5, 0.6) is 0 Å². The second-order valence-electron chi connectivity index (χ2n) is 7.38. The number of aliphatic imine (C=N–C) groups is 1. The predicted octanol–water partition coefficient (Wildman–Crippen LogP) is 1.77. The number of guanidine groups is 1. The lowest BCUT2D eigenvalue weighted by molar-refractivity contribution is 0.0904. The number of nitrogens with one attached hydrogen (secondary N) is 1. The van der Waals surface area contributed by atoms with Gasteiger partial charge in [-0.15, -0.1) is 24.0 Å². The van der Waals surface area contributed by atoms with Crippen LogP contribution in [-0.2, 0) is 27.9 Å². The Morgan fingerprint density at radius 2 is 1.97 bits per heavy atom. The number of benzene rings is 1. The van der Waals surface area contributed by atoms with Crippen LogP contribution in [0, 0.1) is 5.82 Å². The van der Waals surface area contributed by atoms with E-state index in [1.807, 2.05) is 25.7 Å². The minimum atomic E-state index is -3.35. The van der Waals surface area contributed by atoms with Crippen molar-refractivity contribution in [3.63, 3.8) is 0 Å². The van der Waals surface area contributed by atoms with Crippen molar-refractivity contribution in [2.24, 2.45) is 4.99 Å². The third-order valence-corrected chi connectivity index (χ3v) is 6.59. The van der Waals surface area contributed by atoms with Gasteiger partial charge in [0, 0.05) is 38.3 Å². The van der Waals surface area contributed by atoms with E-state index in [2.05, 4.69) is 10.3 Å². The first-order valence-corrected chi connectivity index (χ1v) is 11.9. The quantitative estimate of drug-likeness (QED) is 0.266. The fourth-order valence-corrected chi connectivity index (χ4v) is 4.42. The van der Waals surface area contributed by atoms with E-state index in [1.54, 1.807) is 12.1 Å². The van der Waals surface area contributed by atoms with Crippen LogP contribution < -0.4 is 5.32 Å². The molecule has 8 nitrogen and oxygen atoms in total. The lowest BCUT2D eigenvalue weighted by atomic mass is 10.1. The topological polar surface area (TPSA) is 94.5 Å². The molecule has 0 aliphatic carbocycles. The van der Waals surface area contributed by atoms with Gasteiger partial charge in [0.25, 0.3) is 0 Å². The summed E-state index contributed by atoms with van der Waals surface area (Å²) in [5.74, 6) is 0.234. The summed E-state index contributed by atoms with van der Waals surface area (Å²) in [7, 11) is -3.35. The van der Waals surface area contributed by atoms with Crippen molar-refractivity contribution in [1.82, 2.24) is 14.5 Å². The van der Waals surface area contributed by atoms with Crippen LogP contribution in [0.2, 0.25) is 0 Å². The molecule has 1 fully saturated rings. The summed E-state index contributed by atoms with van der Waals surface area (Å²) in [6, 6.07) is 4.58. The van der Waals surface area contributed by atoms with E-state index < -0.39 is 15.8 Å². The van der Waals surface area contributed by atoms with E-state index in [0.29, 0.717) is 45.2 Å². The highest BCUT2D eigenvalue weighted by Crippen LogP contribution is 2.13. The third kappa shape index (κ3) is 8.79. The van der Waals surface area contributed by atoms with Crippen LogP contribution >= 0.6 is 24.0 Å². The standard InChI is InChI=1S/C20H33FN4O4S.HI/c1-4-22-20(23-14-17-5-6-19(21)18(13-17)15-26)24-7-9-25(10-8-24)30(27,28)12-11-29-16(2)3;/h5-6,13,16,26H,4,7-12,14-15H2,1-3H3,(H,22,23);1H. The molecular weight excluding hydrogens is 538 g/mol. The average molecular weight is 572 g/mol. The Morgan fingerprint density at radius 1 is 1.29 bits per heavy atom. The maximum absolute atomic E-state index is 13.6. The molecule has 1 aromatic rings. The minimum Gasteiger partial charge on any atom is -0.392 e. The summed E-state index contributed by atoms with van der Waals surface area (Å²) in [5.41, 5.74) is 1.04. The van der Waals surface area contributed by atoms with E-state index in [4.69, 9.17) is 4.74 Å². The highest BCUT2D eigenvalue weighted by molar-refractivity contribution is 14.0. The Hall–Kier alpha value is -1.02. The van der Waals surface area contributed by atoms with Crippen LogP contribution in [0.25, 0.3) is 0 Å². The van der Waals surface area contributed by atoms with Gasteiger partial charge in [-0.3, -0.25) is 0 Å². The van der Waals surface area contributed by atoms with Crippen molar-refractivity contribution in [3.05, 3.63) is 35.1 Å². The Labute approximate surface area is 201 Å². The molecule has 0 unspecified atom stereocenters. The Kier molecular flexibility index (Phi) is 12.2. The molecule has 0 radical (unpaired) electrons. The van der Waals surface area contributed by atoms with Gasteiger partial charge in [-0.05, 0) is 38.5 Å². The second kappa shape index (κ2) is 13.5. The van der Waals surface area contributed by atoms with Crippen molar-refractivity contribution in [2.75, 3.05) is 45.1 Å². The second-order valence-corrected chi connectivity index (χ2v) is 9.46. The number of nitrogens with zero attached hydrogens (tertiary/aromatic N) is 3. The van der Waals surface area contributed by atoms with Crippen LogP contribution in [0.1, 0.15) is 31.9 Å². The fraction of sp³-hybridized carbons (Fsp3) is 0.650. The molecule has 0 saturated carbocycles. The largest absolute Gasteiger partial charge is 0.392 e. The monoisotopic (exact) mass is 572 g/mol. The lowest BCUT2D eigenvalue weighted by Gasteiger charge is -2.36. The zero-order chi connectivity index (χ0) is 22.1. The molecule has 0 atom stereocenters. The number of halogens is 2. The first kappa shape index (κ1) is 28.0. The molecule has 1 aromatic carbocycles. The first-order valence-electron chi connectivity index (χ1n) is 10.3. The Morgan fingerprint density at radius 3 is 2.55 bits per heavy atom. The minimum absolute atomic E-state index is 0. The van der Waals surface area contributed by atoms with Gasteiger partial charge in [0.1, 0.15) is 5.82 Å². The molecule has 0 bridgehead atoms. The van der Waals surface area contributed by atoms with E-state index >= 15 is 0 Å². The van der Waals surface area contributed by atoms with Gasteiger partial charge in [0.15, 0.2) is 5.96 Å². The Balaban J connectivity index is 0.00000480. The summed E-state index contributed by atoms with van der Waals surface area (Å²) in [4.78, 5) is 6.63. The van der Waals surface area contributed by atoms with E-state index in [9.17, 15) is 17.9 Å². The number of hydrogen-bond acceptors (Lipinski definition) is 5. The summed E-state index contributed by atoms with van der Waals surface area (Å²) >= 11 is 0. The molecule has 1 heterocycles. The molecule has 2 rings (SSSR count). The normalized spacial score (nSPS) is 15.8. The number of sulfonamides is 1. The maximum Gasteiger partial charge on any atom is 0.216 e. The predicted molar refractivity (Wildman–Crippen MR) is 131 cm³/mol. The molecule has 0 aromatic heterocycles. The van der Waals surface area contributed by atoms with Crippen LogP contribution in [-0.4, -0.2) is 79.9 Å². The molecule has 178 valence electrons. The van der Waals surface area contributed by atoms with Crippen molar-refractivity contribution in [2.45, 2.75) is 40.0 Å². The summed E-state index contributed by atoms with van der Waals surface area (Å²) < 4.78 is 45.4. The smallest absolute Gasteiger partial charge is 0.216 e. The third-order valence-electron chi connectivity index (χ3n) is 4.75. The number of aliphatic hydroxyl groups is 1. The van der Waals surface area contributed by atoms with E-state index in [-0.39, 0.29) is 54.6 Å². The highest BCUT2D eigenvalue weighted by Gasteiger charge is 2.28. The van der Waals surface area contributed by atoms with E-state index in [1.165, 1.54) is 10.4 Å². The van der Waals surface area contributed by atoms with Gasteiger partial charge in [0.2, 0.25) is 10.0 Å². The van der Waals surface area contributed by atoms with Gasteiger partial charge in [0.05, 0.1) is 31.6 Å². The molecule has 0 amide bonds. The number of hydrogen-bond donors (Lipinski definition) is 2. The summed E-state index contributed by atoms with van der Waals surface area (Å²) in [6.07, 6.45) is 0.00509. The van der Waals surface area contributed by atoms with Gasteiger partial charge >= 0.3 is 0 Å². The van der Waals surface area contributed by atoms with Crippen molar-refractivity contribution >= 4 is 40.0 Å². The van der Waals surface area contributed by atoms with Crippen molar-refractivity contribution in [1.29, 1.82) is 0 Å². The Bertz CT molecular complexity index is 815. The number of ether oxygens (including phenoxy) is 1. The zero-order valence-electron chi connectivity index (χ0n) is 18.4. The van der Waals surface area contributed by atoms with E-state index in [0.717, 1.165) is 5.56 Å². The van der Waals surface area contributed by atoms with Gasteiger partial charge in [-0.2, -0.15) is 4.31 Å². The number of piperazine rings is 1. The number of rotatable bonds is 9. The molecule has 1 aliphatic rings. The summed E-state index contributed by atoms with van der Waals surface area (Å²) in [6.45, 7) is 8.40. The molecule has 1 aliphatic heterocycles.